The van der Waals surface area contributed by atoms with Gasteiger partial charge in [0.25, 0.3) is 5.91 Å². The predicted octanol–water partition coefficient (Wildman–Crippen LogP) is 2.97. The molecule has 98 valence electrons. The van der Waals surface area contributed by atoms with E-state index < -0.39 is 4.92 Å². The molecule has 1 aromatic rings. The number of hydrogen-bond acceptors (Lipinski definition) is 4. The lowest BCUT2D eigenvalue weighted by Gasteiger charge is -2.21. The lowest BCUT2D eigenvalue weighted by Crippen LogP contribution is -2.29. The van der Waals surface area contributed by atoms with E-state index in [2.05, 4.69) is 5.32 Å². The van der Waals surface area contributed by atoms with Crippen LogP contribution in [0, 0.1) is 16.0 Å². The Kier molecular flexibility index (Phi) is 4.30. The summed E-state index contributed by atoms with van der Waals surface area (Å²) in [6.07, 6.45) is 6.12. The van der Waals surface area contributed by atoms with Crippen LogP contribution in [0.15, 0.2) is 12.1 Å². The van der Waals surface area contributed by atoms with Crippen LogP contribution in [0.25, 0.3) is 0 Å². The molecule has 0 bridgehead atoms. The van der Waals surface area contributed by atoms with Gasteiger partial charge in [-0.1, -0.05) is 30.6 Å². The molecule has 1 saturated carbocycles. The first-order chi connectivity index (χ1) is 8.66. The molecule has 1 N–H and O–H groups in total. The molecule has 1 aliphatic rings. The zero-order chi connectivity index (χ0) is 13.0. The number of thiophene rings is 1. The third-order valence-corrected chi connectivity index (χ3v) is 4.31. The van der Waals surface area contributed by atoms with Crippen molar-refractivity contribution >= 4 is 22.2 Å². The molecule has 5 nitrogen and oxygen atoms in total. The molecule has 0 spiro atoms. The minimum absolute atomic E-state index is 0.0119. The number of rotatable bonds is 4. The molecule has 0 aromatic carbocycles. The number of nitrogens with zero attached hydrogens (tertiary/aromatic N) is 1. The highest BCUT2D eigenvalue weighted by atomic mass is 32.1. The van der Waals surface area contributed by atoms with E-state index in [9.17, 15) is 14.9 Å². The van der Waals surface area contributed by atoms with Gasteiger partial charge >= 0.3 is 5.00 Å². The Morgan fingerprint density at radius 2 is 2.11 bits per heavy atom. The summed E-state index contributed by atoms with van der Waals surface area (Å²) in [5, 5.41) is 13.4. The highest BCUT2D eigenvalue weighted by Gasteiger charge is 2.17. The second kappa shape index (κ2) is 5.95. The van der Waals surface area contributed by atoms with Crippen molar-refractivity contribution in [3.05, 3.63) is 27.1 Å². The van der Waals surface area contributed by atoms with Crippen molar-refractivity contribution in [1.82, 2.24) is 5.32 Å². The van der Waals surface area contributed by atoms with E-state index in [1.807, 2.05) is 0 Å². The molecule has 6 heteroatoms. The van der Waals surface area contributed by atoms with Crippen LogP contribution >= 0.6 is 11.3 Å². The minimum Gasteiger partial charge on any atom is -0.351 e. The number of hydrogen-bond donors (Lipinski definition) is 1. The molecule has 1 fully saturated rings. The smallest absolute Gasteiger partial charge is 0.324 e. The summed E-state index contributed by atoms with van der Waals surface area (Å²) in [7, 11) is 0. The monoisotopic (exact) mass is 268 g/mol. The van der Waals surface area contributed by atoms with Crippen LogP contribution in [-0.2, 0) is 0 Å². The Labute approximate surface area is 109 Å². The maximum Gasteiger partial charge on any atom is 0.324 e. The molecule has 1 heterocycles. The van der Waals surface area contributed by atoms with Gasteiger partial charge in [-0.3, -0.25) is 14.9 Å². The molecule has 18 heavy (non-hydrogen) atoms. The predicted molar refractivity (Wildman–Crippen MR) is 69.9 cm³/mol. The Morgan fingerprint density at radius 1 is 1.39 bits per heavy atom. The molecule has 0 atom stereocenters. The van der Waals surface area contributed by atoms with Crippen molar-refractivity contribution in [1.29, 1.82) is 0 Å². The van der Waals surface area contributed by atoms with Crippen molar-refractivity contribution in [3.8, 4) is 0 Å². The zero-order valence-electron chi connectivity index (χ0n) is 10.1. The van der Waals surface area contributed by atoms with Gasteiger partial charge < -0.3 is 5.32 Å². The Morgan fingerprint density at radius 3 is 2.72 bits per heavy atom. The molecule has 0 unspecified atom stereocenters. The van der Waals surface area contributed by atoms with E-state index in [1.54, 1.807) is 0 Å². The van der Waals surface area contributed by atoms with Gasteiger partial charge in [0.05, 0.1) is 9.80 Å². The summed E-state index contributed by atoms with van der Waals surface area (Å²) in [5.74, 6) is 0.372. The van der Waals surface area contributed by atoms with Crippen LogP contribution in [0.2, 0.25) is 0 Å². The first kappa shape index (κ1) is 13.0. The topological polar surface area (TPSA) is 72.2 Å². The van der Waals surface area contributed by atoms with E-state index in [0.717, 1.165) is 11.3 Å². The van der Waals surface area contributed by atoms with Crippen LogP contribution in [0.1, 0.15) is 41.8 Å². The van der Waals surface area contributed by atoms with Gasteiger partial charge in [0.2, 0.25) is 0 Å². The van der Waals surface area contributed by atoms with E-state index in [1.165, 1.54) is 44.2 Å². The minimum atomic E-state index is -0.470. The fourth-order valence-electron chi connectivity index (χ4n) is 2.26. The lowest BCUT2D eigenvalue weighted by molar-refractivity contribution is -0.380. The largest absolute Gasteiger partial charge is 0.351 e. The molecular weight excluding hydrogens is 252 g/mol. The fraction of sp³-hybridized carbons (Fsp3) is 0.583. The summed E-state index contributed by atoms with van der Waals surface area (Å²) in [5.41, 5.74) is 0. The van der Waals surface area contributed by atoms with Gasteiger partial charge in [0.15, 0.2) is 0 Å². The number of amides is 1. The summed E-state index contributed by atoms with van der Waals surface area (Å²) in [6.45, 7) is 0.685. The standard InChI is InChI=1S/C12H16N2O3S/c15-12(10-6-7-11(18-10)14(16)17)13-8-9-4-2-1-3-5-9/h6-7,9H,1-5,8H2,(H,13,15). The Hall–Kier alpha value is -1.43. The normalized spacial score (nSPS) is 16.4. The zero-order valence-corrected chi connectivity index (χ0v) is 10.9. The van der Waals surface area contributed by atoms with Crippen molar-refractivity contribution in [2.24, 2.45) is 5.92 Å². The summed E-state index contributed by atoms with van der Waals surface area (Å²) >= 11 is 0.925. The maximum atomic E-state index is 11.8. The third kappa shape index (κ3) is 3.29. The van der Waals surface area contributed by atoms with E-state index in [0.29, 0.717) is 17.3 Å². The van der Waals surface area contributed by atoms with E-state index >= 15 is 0 Å². The van der Waals surface area contributed by atoms with Crippen LogP contribution in [-0.4, -0.2) is 17.4 Å². The Balaban J connectivity index is 1.84. The Bertz CT molecular complexity index is 438. The third-order valence-electron chi connectivity index (χ3n) is 3.27. The average molecular weight is 268 g/mol. The maximum absolute atomic E-state index is 11.8. The van der Waals surface area contributed by atoms with Gasteiger partial charge in [0.1, 0.15) is 0 Å². The van der Waals surface area contributed by atoms with Crippen molar-refractivity contribution < 1.29 is 9.72 Å². The number of carbonyl (C=O) groups excluding carboxylic acids is 1. The molecule has 0 aliphatic heterocycles. The molecule has 1 aliphatic carbocycles. The van der Waals surface area contributed by atoms with Gasteiger partial charge in [-0.15, -0.1) is 0 Å². The van der Waals surface area contributed by atoms with Gasteiger partial charge in [-0.2, -0.15) is 0 Å². The van der Waals surface area contributed by atoms with E-state index in [4.69, 9.17) is 0 Å². The van der Waals surface area contributed by atoms with Crippen molar-refractivity contribution in [2.75, 3.05) is 6.54 Å². The summed E-state index contributed by atoms with van der Waals surface area (Å²) in [4.78, 5) is 22.3. The molecule has 1 amide bonds. The first-order valence-corrected chi connectivity index (χ1v) is 7.01. The fourth-order valence-corrected chi connectivity index (χ4v) is 3.00. The van der Waals surface area contributed by atoms with Crippen molar-refractivity contribution in [3.63, 3.8) is 0 Å². The summed E-state index contributed by atoms with van der Waals surface area (Å²) in [6, 6.07) is 2.89. The van der Waals surface area contributed by atoms with Crippen molar-refractivity contribution in [2.45, 2.75) is 32.1 Å². The molecule has 0 radical (unpaired) electrons. The SMILES string of the molecule is O=C(NCC1CCCCC1)c1ccc([N+](=O)[O-])s1. The molecule has 1 aromatic heterocycles. The van der Waals surface area contributed by atoms with Crippen LogP contribution in [0.3, 0.4) is 0 Å². The first-order valence-electron chi connectivity index (χ1n) is 6.19. The second-order valence-electron chi connectivity index (χ2n) is 4.61. The van der Waals surface area contributed by atoms with Gasteiger partial charge in [0, 0.05) is 12.6 Å². The lowest BCUT2D eigenvalue weighted by atomic mass is 9.89. The quantitative estimate of drug-likeness (QED) is 0.674. The number of nitrogens with one attached hydrogen (secondary N) is 1. The van der Waals surface area contributed by atoms with Crippen LogP contribution in [0.4, 0.5) is 5.00 Å². The highest BCUT2D eigenvalue weighted by molar-refractivity contribution is 7.17. The average Bonchev–Trinajstić information content (AvgIpc) is 2.87. The second-order valence-corrected chi connectivity index (χ2v) is 5.67. The number of nitro groups is 1. The van der Waals surface area contributed by atoms with Gasteiger partial charge in [-0.05, 0) is 24.8 Å². The van der Waals surface area contributed by atoms with Crippen LogP contribution < -0.4 is 5.32 Å². The molecule has 0 saturated heterocycles. The molecular formula is C12H16N2O3S. The van der Waals surface area contributed by atoms with Crippen LogP contribution in [0.5, 0.6) is 0 Å². The van der Waals surface area contributed by atoms with Gasteiger partial charge in [-0.25, -0.2) is 0 Å². The molecule has 2 rings (SSSR count). The highest BCUT2D eigenvalue weighted by Crippen LogP contribution is 2.25. The number of carbonyl (C=O) groups is 1. The summed E-state index contributed by atoms with van der Waals surface area (Å²) < 4.78 is 0. The van der Waals surface area contributed by atoms with E-state index in [-0.39, 0.29) is 10.9 Å².